The normalized spacial score (nSPS) is 26.4. The highest BCUT2D eigenvalue weighted by Crippen LogP contribution is 2.42. The molecule has 0 saturated carbocycles. The van der Waals surface area contributed by atoms with Crippen LogP contribution in [-0.4, -0.2) is 107 Å². The molecular weight excluding hydrogens is 873 g/mol. The number of rotatable bonds is 15. The van der Waals surface area contributed by atoms with Gasteiger partial charge in [-0.15, -0.1) is 0 Å². The van der Waals surface area contributed by atoms with Crippen LogP contribution < -0.4 is 5.73 Å². The highest BCUT2D eigenvalue weighted by Gasteiger charge is 2.52. The zero-order chi connectivity index (χ0) is 51.7. The van der Waals surface area contributed by atoms with E-state index in [0.29, 0.717) is 6.42 Å². The molecule has 5 rings (SSSR count). The molecule has 1 saturated heterocycles. The first-order valence-corrected chi connectivity index (χ1v) is 23.7. The van der Waals surface area contributed by atoms with Crippen LogP contribution in [0.3, 0.4) is 0 Å². The van der Waals surface area contributed by atoms with Crippen molar-refractivity contribution in [1.82, 2.24) is 4.98 Å². The lowest BCUT2D eigenvalue weighted by Gasteiger charge is -2.35. The van der Waals surface area contributed by atoms with Gasteiger partial charge in [0.05, 0.1) is 25.4 Å². The number of carbonyl (C=O) groups is 1. The lowest BCUT2D eigenvalue weighted by Crippen LogP contribution is -2.46. The van der Waals surface area contributed by atoms with Crippen molar-refractivity contribution in [3.8, 4) is 0 Å². The Hall–Kier alpha value is -4.99. The molecule has 0 bridgehead atoms. The molecular formula is C57H80N2O10. The monoisotopic (exact) mass is 953 g/mol. The van der Waals surface area contributed by atoms with Crippen LogP contribution >= 0.6 is 0 Å². The molecule has 378 valence electrons. The van der Waals surface area contributed by atoms with E-state index in [-0.39, 0.29) is 23.0 Å². The van der Waals surface area contributed by atoms with Crippen molar-refractivity contribution in [3.63, 3.8) is 0 Å². The van der Waals surface area contributed by atoms with Gasteiger partial charge >= 0.3 is 5.97 Å². The van der Waals surface area contributed by atoms with Gasteiger partial charge in [-0.1, -0.05) is 164 Å². The summed E-state index contributed by atoms with van der Waals surface area (Å²) in [5.41, 5.74) is 17.5. The number of carboxylic acids is 1. The Morgan fingerprint density at radius 2 is 1.20 bits per heavy atom. The number of nitrogens with two attached hydrogens (primary N) is 1. The quantitative estimate of drug-likeness (QED) is 0.0762. The van der Waals surface area contributed by atoms with E-state index in [1.807, 2.05) is 30.5 Å². The number of aliphatic carboxylic acids is 1. The Labute approximate surface area is 410 Å². The van der Waals surface area contributed by atoms with Gasteiger partial charge < -0.3 is 56.3 Å². The first-order chi connectivity index (χ1) is 32.3. The van der Waals surface area contributed by atoms with E-state index in [9.17, 15) is 20.1 Å². The summed E-state index contributed by atoms with van der Waals surface area (Å²) in [5, 5.41) is 74.6. The fourth-order valence-electron chi connectivity index (χ4n) is 8.90. The highest BCUT2D eigenvalue weighted by atomic mass is 16.7. The first kappa shape index (κ1) is 58.3. The molecule has 0 spiro atoms. The minimum atomic E-state index is -2.16. The molecule has 0 amide bonds. The van der Waals surface area contributed by atoms with E-state index in [4.69, 9.17) is 31.3 Å². The molecule has 2 aromatic rings. The van der Waals surface area contributed by atoms with E-state index in [0.717, 1.165) is 42.1 Å². The second kappa shape index (κ2) is 26.8. The molecule has 2 aliphatic carbocycles. The van der Waals surface area contributed by atoms with Crippen molar-refractivity contribution >= 4 is 16.9 Å². The van der Waals surface area contributed by atoms with Crippen molar-refractivity contribution in [2.75, 3.05) is 13.2 Å². The Balaban J connectivity index is 0.000000373. The Kier molecular flexibility index (Phi) is 22.7. The van der Waals surface area contributed by atoms with Crippen molar-refractivity contribution in [2.45, 2.75) is 144 Å². The van der Waals surface area contributed by atoms with Crippen LogP contribution in [0.25, 0.3) is 10.9 Å². The second-order valence-electron chi connectivity index (χ2n) is 20.0. The minimum absolute atomic E-state index is 0.00547. The predicted octanol–water partition coefficient (Wildman–Crippen LogP) is 8.45. The number of H-pyrrole nitrogens is 1. The number of allylic oxidation sites excluding steroid dienone is 20. The molecule has 3 aliphatic rings. The maximum Gasteiger partial charge on any atom is 0.320 e. The number of aliphatic hydroxyl groups is 7. The number of carboxylic acid groups (broad SMARTS) is 1. The topological polar surface area (TPSA) is 230 Å². The molecule has 69 heavy (non-hydrogen) atoms. The number of aromatic nitrogens is 1. The van der Waals surface area contributed by atoms with Gasteiger partial charge in [0, 0.05) is 23.5 Å². The van der Waals surface area contributed by atoms with Gasteiger partial charge in [0.2, 0.25) is 5.79 Å². The Morgan fingerprint density at radius 1 is 0.754 bits per heavy atom. The molecule has 1 unspecified atom stereocenters. The number of hydrogen-bond acceptors (Lipinski definition) is 10. The molecule has 2 heterocycles. The standard InChI is InChI=1S/C40H56O2.C11H12N2O2.C6H12O6/c1-29(17-13-19-31(3)21-23-37-33(5)25-35(41)27-39(37,7)8)15-11-12-16-30(2)18-14-20-32(4)22-24-38-34(6)26-36(42)28-40(38,9)10;12-9(11(14)15)5-7-6-13-10-4-2-1-3-8(7)10;7-1-3-4(9)5(10)6(11,2-8)12-3/h11-24,35-36,41-42H,25-28H2,1-10H3;1-4,6,9,13H,5,12H2,(H,14,15);3-5,7-11H,1-2H2/b12-11+,17-13+,18-14+,23-21+,24-22+,29-15+,30-16+,31-19+,32-20+;;/t35-,36-;;3-,4-,5+,6-/m1.1/s1. The third-order valence-electron chi connectivity index (χ3n) is 12.6. The summed E-state index contributed by atoms with van der Waals surface area (Å²) < 4.78 is 4.63. The number of aromatic amines is 1. The van der Waals surface area contributed by atoms with Crippen LogP contribution in [0.15, 0.2) is 160 Å². The fraction of sp³-hybridized carbons (Fsp3) is 0.456. The summed E-state index contributed by atoms with van der Waals surface area (Å²) in [6, 6.07) is 6.91. The summed E-state index contributed by atoms with van der Waals surface area (Å²) in [5.74, 6) is -3.13. The molecule has 0 radical (unpaired) electrons. The Morgan fingerprint density at radius 3 is 1.61 bits per heavy atom. The van der Waals surface area contributed by atoms with Gasteiger partial charge in [0.1, 0.15) is 24.4 Å². The first-order valence-electron chi connectivity index (χ1n) is 23.7. The van der Waals surface area contributed by atoms with Crippen molar-refractivity contribution < 1.29 is 50.4 Å². The van der Waals surface area contributed by atoms with Crippen molar-refractivity contribution in [2.24, 2.45) is 16.6 Å². The van der Waals surface area contributed by atoms with Crippen LogP contribution in [-0.2, 0) is 16.0 Å². The number of benzene rings is 1. The van der Waals surface area contributed by atoms with Gasteiger partial charge in [0.15, 0.2) is 0 Å². The molecule has 1 aliphatic heterocycles. The number of aliphatic hydroxyl groups excluding tert-OH is 6. The molecule has 12 heteroatoms. The third kappa shape index (κ3) is 18.0. The summed E-state index contributed by atoms with van der Waals surface area (Å²) in [6.07, 6.45) is 30.7. The SMILES string of the molecule is CC1=C(/C=C/C(C)=C/C=C/C(C)=C/C=C/C=C(C)/C=C/C=C(C)/C=C/C2=C(C)C[C@@H](O)CC2(C)C)C(C)(C)C[C@H](O)C1.NC(Cc1c[nH]c2ccccc12)C(=O)O.OC[C@H]1O[C@](O)(CO)[C@@H](O)[C@@H]1O. The Bertz CT molecular complexity index is 2280. The minimum Gasteiger partial charge on any atom is -0.480 e. The van der Waals surface area contributed by atoms with Crippen LogP contribution in [0, 0.1) is 10.8 Å². The van der Waals surface area contributed by atoms with E-state index in [1.54, 1.807) is 0 Å². The van der Waals surface area contributed by atoms with Crippen molar-refractivity contribution in [3.05, 3.63) is 166 Å². The molecule has 1 fully saturated rings. The smallest absolute Gasteiger partial charge is 0.320 e. The maximum atomic E-state index is 10.6. The van der Waals surface area contributed by atoms with E-state index < -0.39 is 49.3 Å². The van der Waals surface area contributed by atoms with Gasteiger partial charge in [0.25, 0.3) is 0 Å². The van der Waals surface area contributed by atoms with Gasteiger partial charge in [-0.2, -0.15) is 0 Å². The van der Waals surface area contributed by atoms with Crippen LogP contribution in [0.1, 0.15) is 100 Å². The fourth-order valence-corrected chi connectivity index (χ4v) is 8.90. The zero-order valence-electron chi connectivity index (χ0n) is 42.4. The summed E-state index contributed by atoms with van der Waals surface area (Å²) in [7, 11) is 0. The average Bonchev–Trinajstić information content (AvgIpc) is 3.77. The largest absolute Gasteiger partial charge is 0.480 e. The number of fused-ring (bicyclic) bond motifs is 1. The van der Waals surface area contributed by atoms with Crippen LogP contribution in [0.2, 0.25) is 0 Å². The summed E-state index contributed by atoms with van der Waals surface area (Å²) in [4.78, 5) is 13.7. The average molecular weight is 953 g/mol. The number of para-hydroxylation sites is 1. The molecule has 11 N–H and O–H groups in total. The lowest BCUT2D eigenvalue weighted by atomic mass is 9.71. The van der Waals surface area contributed by atoms with Crippen LogP contribution in [0.4, 0.5) is 0 Å². The van der Waals surface area contributed by atoms with Crippen molar-refractivity contribution in [1.29, 1.82) is 0 Å². The summed E-state index contributed by atoms with van der Waals surface area (Å²) in [6.45, 7) is 20.2. The zero-order valence-corrected chi connectivity index (χ0v) is 42.4. The predicted molar refractivity (Wildman–Crippen MR) is 278 cm³/mol. The third-order valence-corrected chi connectivity index (χ3v) is 12.6. The molecule has 12 nitrogen and oxygen atoms in total. The van der Waals surface area contributed by atoms with E-state index in [2.05, 4.69) is 164 Å². The highest BCUT2D eigenvalue weighted by molar-refractivity contribution is 5.84. The second-order valence-corrected chi connectivity index (χ2v) is 20.0. The maximum absolute atomic E-state index is 10.6. The summed E-state index contributed by atoms with van der Waals surface area (Å²) >= 11 is 0. The number of nitrogens with one attached hydrogen (secondary N) is 1. The van der Waals surface area contributed by atoms with Gasteiger partial charge in [-0.25, -0.2) is 0 Å². The lowest BCUT2D eigenvalue weighted by molar-refractivity contribution is -0.248. The van der Waals surface area contributed by atoms with E-state index >= 15 is 0 Å². The molecule has 1 aromatic carbocycles. The van der Waals surface area contributed by atoms with Gasteiger partial charge in [-0.05, 0) is 101 Å². The van der Waals surface area contributed by atoms with E-state index in [1.165, 1.54) is 44.6 Å². The number of hydrogen-bond donors (Lipinski definition) is 10. The molecule has 7 atom stereocenters. The number of ether oxygens (including phenoxy) is 1. The van der Waals surface area contributed by atoms with Crippen LogP contribution in [0.5, 0.6) is 0 Å². The van der Waals surface area contributed by atoms with Gasteiger partial charge in [-0.3, -0.25) is 4.79 Å². The molecule has 1 aromatic heterocycles.